The van der Waals surface area contributed by atoms with Crippen molar-refractivity contribution < 1.29 is 14.3 Å². The van der Waals surface area contributed by atoms with Crippen LogP contribution in [0.25, 0.3) is 0 Å². The second-order valence-corrected chi connectivity index (χ2v) is 7.57. The standard InChI is InChI=1S/C24H29NO3/c1-3-28-23(27)24(15-10-16-24)22(26)19(2)25(17-20-11-6-4-7-12-20)18-21-13-8-5-9-14-21/h4-9,11-14,19H,3,10,15-18H2,1-2H3. The van der Waals surface area contributed by atoms with Crippen molar-refractivity contribution >= 4 is 11.8 Å². The van der Waals surface area contributed by atoms with Crippen molar-refractivity contribution in [3.05, 3.63) is 71.8 Å². The molecule has 1 aliphatic carbocycles. The molecule has 0 aromatic heterocycles. The minimum atomic E-state index is -0.957. The van der Waals surface area contributed by atoms with Crippen LogP contribution in [0.3, 0.4) is 0 Å². The molecule has 2 aromatic rings. The van der Waals surface area contributed by atoms with E-state index in [1.54, 1.807) is 6.92 Å². The molecule has 0 bridgehead atoms. The topological polar surface area (TPSA) is 46.6 Å². The van der Waals surface area contributed by atoms with Gasteiger partial charge in [0.2, 0.25) is 0 Å². The summed E-state index contributed by atoms with van der Waals surface area (Å²) in [6.07, 6.45) is 2.09. The number of hydrogen-bond acceptors (Lipinski definition) is 4. The van der Waals surface area contributed by atoms with Gasteiger partial charge in [-0.2, -0.15) is 0 Å². The Kier molecular flexibility index (Phi) is 6.63. The summed E-state index contributed by atoms with van der Waals surface area (Å²) in [5, 5.41) is 0. The normalized spacial score (nSPS) is 16.2. The molecule has 1 saturated carbocycles. The molecule has 0 radical (unpaired) electrons. The Bertz CT molecular complexity index is 743. The second kappa shape index (κ2) is 9.16. The van der Waals surface area contributed by atoms with Gasteiger partial charge >= 0.3 is 5.97 Å². The maximum atomic E-state index is 13.4. The second-order valence-electron chi connectivity index (χ2n) is 7.57. The highest BCUT2D eigenvalue weighted by atomic mass is 16.5. The van der Waals surface area contributed by atoms with Gasteiger partial charge in [-0.15, -0.1) is 0 Å². The van der Waals surface area contributed by atoms with Gasteiger partial charge in [0.25, 0.3) is 0 Å². The highest BCUT2D eigenvalue weighted by molar-refractivity contribution is 6.07. The predicted molar refractivity (Wildman–Crippen MR) is 110 cm³/mol. The van der Waals surface area contributed by atoms with Gasteiger partial charge in [-0.25, -0.2) is 0 Å². The first-order valence-corrected chi connectivity index (χ1v) is 10.1. The highest BCUT2D eigenvalue weighted by Gasteiger charge is 2.53. The zero-order chi connectivity index (χ0) is 20.0. The van der Waals surface area contributed by atoms with E-state index in [2.05, 4.69) is 29.2 Å². The maximum absolute atomic E-state index is 13.4. The Morgan fingerprint density at radius 1 is 0.964 bits per heavy atom. The van der Waals surface area contributed by atoms with Crippen LogP contribution >= 0.6 is 0 Å². The van der Waals surface area contributed by atoms with Gasteiger partial charge in [-0.05, 0) is 37.8 Å². The molecule has 4 heteroatoms. The van der Waals surface area contributed by atoms with Crippen molar-refractivity contribution in [3.8, 4) is 0 Å². The molecule has 0 spiro atoms. The fourth-order valence-electron chi connectivity index (χ4n) is 3.88. The predicted octanol–water partition coefficient (Wildman–Crippen LogP) is 4.38. The molecule has 28 heavy (non-hydrogen) atoms. The van der Waals surface area contributed by atoms with Crippen LogP contribution in [0.4, 0.5) is 0 Å². The van der Waals surface area contributed by atoms with Crippen LogP contribution in [0.2, 0.25) is 0 Å². The largest absolute Gasteiger partial charge is 0.465 e. The first-order chi connectivity index (χ1) is 13.6. The van der Waals surface area contributed by atoms with E-state index in [0.717, 1.165) is 17.5 Å². The lowest BCUT2D eigenvalue weighted by Crippen LogP contribution is -2.54. The number of rotatable bonds is 9. The van der Waals surface area contributed by atoms with Gasteiger partial charge in [-0.3, -0.25) is 14.5 Å². The molecule has 1 atom stereocenters. The number of Topliss-reactive ketones (excluding diaryl/α,β-unsaturated/α-hetero) is 1. The molecule has 1 fully saturated rings. The van der Waals surface area contributed by atoms with E-state index < -0.39 is 5.41 Å². The molecule has 0 amide bonds. The number of carbonyl (C=O) groups is 2. The summed E-state index contributed by atoms with van der Waals surface area (Å²) in [7, 11) is 0. The van der Waals surface area contributed by atoms with Crippen LogP contribution in [0.15, 0.2) is 60.7 Å². The monoisotopic (exact) mass is 379 g/mol. The van der Waals surface area contributed by atoms with E-state index in [1.165, 1.54) is 0 Å². The number of nitrogens with zero attached hydrogens (tertiary/aromatic N) is 1. The smallest absolute Gasteiger partial charge is 0.319 e. The average molecular weight is 380 g/mol. The van der Waals surface area contributed by atoms with Gasteiger partial charge in [0.1, 0.15) is 5.41 Å². The third-order valence-corrected chi connectivity index (χ3v) is 5.73. The number of benzene rings is 2. The number of ketones is 1. The first-order valence-electron chi connectivity index (χ1n) is 10.1. The van der Waals surface area contributed by atoms with Crippen LogP contribution in [-0.2, 0) is 27.4 Å². The van der Waals surface area contributed by atoms with E-state index in [0.29, 0.717) is 32.5 Å². The lowest BCUT2D eigenvalue weighted by Gasteiger charge is -2.41. The molecule has 0 aliphatic heterocycles. The minimum Gasteiger partial charge on any atom is -0.465 e. The molecule has 1 aliphatic rings. The number of ether oxygens (including phenoxy) is 1. The highest BCUT2D eigenvalue weighted by Crippen LogP contribution is 2.44. The Balaban J connectivity index is 1.83. The Morgan fingerprint density at radius 2 is 1.46 bits per heavy atom. The van der Waals surface area contributed by atoms with E-state index in [-0.39, 0.29) is 17.8 Å². The van der Waals surface area contributed by atoms with Crippen molar-refractivity contribution in [2.24, 2.45) is 5.41 Å². The number of esters is 1. The van der Waals surface area contributed by atoms with E-state index in [4.69, 9.17) is 4.74 Å². The van der Waals surface area contributed by atoms with E-state index in [1.807, 2.05) is 43.3 Å². The number of carbonyl (C=O) groups excluding carboxylic acids is 2. The SMILES string of the molecule is CCOC(=O)C1(C(=O)C(C)N(Cc2ccccc2)Cc2ccccc2)CCC1. The first kappa shape index (κ1) is 20.3. The van der Waals surface area contributed by atoms with Crippen molar-refractivity contribution in [1.29, 1.82) is 0 Å². The summed E-state index contributed by atoms with van der Waals surface area (Å²) in [5.41, 5.74) is 1.34. The lowest BCUT2D eigenvalue weighted by atomic mass is 9.64. The van der Waals surface area contributed by atoms with E-state index in [9.17, 15) is 9.59 Å². The summed E-state index contributed by atoms with van der Waals surface area (Å²) in [6, 6.07) is 19.9. The molecule has 0 saturated heterocycles. The molecular weight excluding hydrogens is 350 g/mol. The van der Waals surface area contributed by atoms with Crippen LogP contribution < -0.4 is 0 Å². The lowest BCUT2D eigenvalue weighted by molar-refractivity contribution is -0.168. The van der Waals surface area contributed by atoms with Crippen molar-refractivity contribution in [3.63, 3.8) is 0 Å². The van der Waals surface area contributed by atoms with Crippen LogP contribution in [0.1, 0.15) is 44.2 Å². The molecule has 3 rings (SSSR count). The molecule has 4 nitrogen and oxygen atoms in total. The van der Waals surface area contributed by atoms with Crippen molar-refractivity contribution in [2.45, 2.75) is 52.2 Å². The molecule has 1 unspecified atom stereocenters. The van der Waals surface area contributed by atoms with Gasteiger partial charge in [-0.1, -0.05) is 67.1 Å². The van der Waals surface area contributed by atoms with Gasteiger partial charge in [0.05, 0.1) is 12.6 Å². The summed E-state index contributed by atoms with van der Waals surface area (Å²) >= 11 is 0. The van der Waals surface area contributed by atoms with Crippen LogP contribution in [0, 0.1) is 5.41 Å². The summed E-state index contributed by atoms with van der Waals surface area (Å²) < 4.78 is 5.26. The Labute approximate surface area is 167 Å². The minimum absolute atomic E-state index is 0.0101. The van der Waals surface area contributed by atoms with Gasteiger partial charge < -0.3 is 4.74 Å². The quantitative estimate of drug-likeness (QED) is 0.479. The fraction of sp³-hybridized carbons (Fsp3) is 0.417. The van der Waals surface area contributed by atoms with Crippen LogP contribution in [0.5, 0.6) is 0 Å². The molecule has 2 aromatic carbocycles. The van der Waals surface area contributed by atoms with Crippen molar-refractivity contribution in [2.75, 3.05) is 6.61 Å². The van der Waals surface area contributed by atoms with Gasteiger partial charge in [0.15, 0.2) is 5.78 Å². The summed E-state index contributed by atoms with van der Waals surface area (Å²) in [4.78, 5) is 28.2. The summed E-state index contributed by atoms with van der Waals surface area (Å²) in [6.45, 7) is 5.33. The van der Waals surface area contributed by atoms with Crippen molar-refractivity contribution in [1.82, 2.24) is 4.90 Å². The molecule has 0 heterocycles. The zero-order valence-corrected chi connectivity index (χ0v) is 16.8. The molecule has 0 N–H and O–H groups in total. The van der Waals surface area contributed by atoms with E-state index >= 15 is 0 Å². The third kappa shape index (κ3) is 4.33. The third-order valence-electron chi connectivity index (χ3n) is 5.73. The summed E-state index contributed by atoms with van der Waals surface area (Å²) in [5.74, 6) is -0.360. The Morgan fingerprint density at radius 3 is 1.86 bits per heavy atom. The average Bonchev–Trinajstić information content (AvgIpc) is 2.68. The van der Waals surface area contributed by atoms with Crippen LogP contribution in [-0.4, -0.2) is 29.3 Å². The fourth-order valence-corrected chi connectivity index (χ4v) is 3.88. The van der Waals surface area contributed by atoms with Gasteiger partial charge in [0, 0.05) is 13.1 Å². The maximum Gasteiger partial charge on any atom is 0.319 e. The Hall–Kier alpha value is -2.46. The molecular formula is C24H29NO3. The molecule has 148 valence electrons. The zero-order valence-electron chi connectivity index (χ0n) is 16.8. The number of hydrogen-bond donors (Lipinski definition) is 0.